The molecule has 1 aromatic carbocycles. The van der Waals surface area contributed by atoms with E-state index in [2.05, 4.69) is 5.32 Å². The fraction of sp³-hybridized carbons (Fsp3) is 0.385. The third-order valence-electron chi connectivity index (χ3n) is 2.67. The summed E-state index contributed by atoms with van der Waals surface area (Å²) >= 11 is 0. The Labute approximate surface area is 106 Å². The van der Waals surface area contributed by atoms with Crippen LogP contribution < -0.4 is 11.1 Å². The van der Waals surface area contributed by atoms with Crippen LogP contribution in [0, 0.1) is 0 Å². The Morgan fingerprint density at radius 2 is 1.94 bits per heavy atom. The maximum atomic E-state index is 11.6. The smallest absolute Gasteiger partial charge is 0.326 e. The summed E-state index contributed by atoms with van der Waals surface area (Å²) in [5.74, 6) is -1.49. The second-order valence-electron chi connectivity index (χ2n) is 4.10. The Kier molecular flexibility index (Phi) is 5.32. The van der Waals surface area contributed by atoms with Crippen LogP contribution in [0.5, 0.6) is 0 Å². The summed E-state index contributed by atoms with van der Waals surface area (Å²) in [6.07, 6.45) is 0.724. The average molecular weight is 250 g/mol. The first-order chi connectivity index (χ1) is 8.54. The van der Waals surface area contributed by atoms with Crippen molar-refractivity contribution >= 4 is 11.9 Å². The van der Waals surface area contributed by atoms with Crippen LogP contribution in [0.15, 0.2) is 30.3 Å². The van der Waals surface area contributed by atoms with E-state index < -0.39 is 24.0 Å². The minimum Gasteiger partial charge on any atom is -0.480 e. The van der Waals surface area contributed by atoms with Crippen molar-refractivity contribution in [3.8, 4) is 0 Å². The number of benzene rings is 1. The van der Waals surface area contributed by atoms with Gasteiger partial charge in [0.25, 0.3) is 0 Å². The lowest BCUT2D eigenvalue weighted by Crippen LogP contribution is -2.49. The Morgan fingerprint density at radius 3 is 2.44 bits per heavy atom. The Balaban J connectivity index is 2.67. The molecule has 0 saturated heterocycles. The number of hydrogen-bond donors (Lipinski definition) is 3. The maximum absolute atomic E-state index is 11.6. The van der Waals surface area contributed by atoms with E-state index in [1.165, 1.54) is 0 Å². The van der Waals surface area contributed by atoms with Crippen LogP contribution in [-0.2, 0) is 16.0 Å². The van der Waals surface area contributed by atoms with Crippen molar-refractivity contribution < 1.29 is 14.7 Å². The average Bonchev–Trinajstić information content (AvgIpc) is 2.37. The summed E-state index contributed by atoms with van der Waals surface area (Å²) < 4.78 is 0. The van der Waals surface area contributed by atoms with Crippen molar-refractivity contribution in [3.63, 3.8) is 0 Å². The van der Waals surface area contributed by atoms with Gasteiger partial charge >= 0.3 is 5.97 Å². The van der Waals surface area contributed by atoms with Crippen LogP contribution in [0.4, 0.5) is 0 Å². The van der Waals surface area contributed by atoms with E-state index in [0.717, 1.165) is 5.56 Å². The molecular weight excluding hydrogens is 232 g/mol. The minimum atomic E-state index is -1.06. The van der Waals surface area contributed by atoms with Crippen LogP contribution >= 0.6 is 0 Å². The number of nitrogens with one attached hydrogen (secondary N) is 1. The molecule has 1 unspecified atom stereocenters. The number of hydrogen-bond acceptors (Lipinski definition) is 3. The largest absolute Gasteiger partial charge is 0.480 e. The minimum absolute atomic E-state index is 0.248. The standard InChI is InChI=1S/C13H18N2O3/c1-2-10(14)12(16)15-11(13(17)18)8-9-6-4-3-5-7-9/h3-7,10-11H,2,8,14H2,1H3,(H,15,16)(H,17,18)/t10-,11?/m0/s1. The summed E-state index contributed by atoms with van der Waals surface area (Å²) in [7, 11) is 0. The highest BCUT2D eigenvalue weighted by Gasteiger charge is 2.22. The number of carbonyl (C=O) groups is 2. The Bertz CT molecular complexity index is 406. The van der Waals surface area contributed by atoms with Crippen LogP contribution in [0.25, 0.3) is 0 Å². The molecule has 0 fully saturated rings. The molecule has 1 rings (SSSR count). The van der Waals surface area contributed by atoms with Crippen molar-refractivity contribution in [2.45, 2.75) is 31.8 Å². The lowest BCUT2D eigenvalue weighted by atomic mass is 10.1. The van der Waals surface area contributed by atoms with Crippen molar-refractivity contribution in [3.05, 3.63) is 35.9 Å². The van der Waals surface area contributed by atoms with Gasteiger partial charge in [0.1, 0.15) is 6.04 Å². The third kappa shape index (κ3) is 4.18. The van der Waals surface area contributed by atoms with Gasteiger partial charge in [-0.05, 0) is 12.0 Å². The number of nitrogens with two attached hydrogens (primary N) is 1. The van der Waals surface area contributed by atoms with E-state index in [9.17, 15) is 9.59 Å². The predicted octanol–water partition coefficient (Wildman–Crippen LogP) is 0.536. The van der Waals surface area contributed by atoms with Crippen molar-refractivity contribution in [1.29, 1.82) is 0 Å². The van der Waals surface area contributed by atoms with Crippen molar-refractivity contribution in [2.75, 3.05) is 0 Å². The molecule has 4 N–H and O–H groups in total. The van der Waals surface area contributed by atoms with Gasteiger partial charge in [-0.1, -0.05) is 37.3 Å². The molecule has 0 aliphatic carbocycles. The number of rotatable bonds is 6. The third-order valence-corrected chi connectivity index (χ3v) is 2.67. The SMILES string of the molecule is CC[C@H](N)C(=O)NC(Cc1ccccc1)C(=O)O. The zero-order valence-electron chi connectivity index (χ0n) is 10.3. The Morgan fingerprint density at radius 1 is 1.33 bits per heavy atom. The first-order valence-corrected chi connectivity index (χ1v) is 5.87. The molecule has 0 radical (unpaired) electrons. The van der Waals surface area contributed by atoms with E-state index in [1.807, 2.05) is 30.3 Å². The predicted molar refractivity (Wildman–Crippen MR) is 68.0 cm³/mol. The van der Waals surface area contributed by atoms with Gasteiger partial charge in [-0.15, -0.1) is 0 Å². The second-order valence-corrected chi connectivity index (χ2v) is 4.10. The van der Waals surface area contributed by atoms with Gasteiger partial charge in [-0.25, -0.2) is 4.79 Å². The highest BCUT2D eigenvalue weighted by molar-refractivity contribution is 5.86. The van der Waals surface area contributed by atoms with E-state index in [0.29, 0.717) is 6.42 Å². The van der Waals surface area contributed by atoms with E-state index in [-0.39, 0.29) is 6.42 Å². The van der Waals surface area contributed by atoms with Gasteiger partial charge in [0.2, 0.25) is 5.91 Å². The fourth-order valence-corrected chi connectivity index (χ4v) is 1.51. The highest BCUT2D eigenvalue weighted by Crippen LogP contribution is 2.04. The molecule has 0 saturated carbocycles. The van der Waals surface area contributed by atoms with Gasteiger partial charge < -0.3 is 16.2 Å². The van der Waals surface area contributed by atoms with E-state index in [4.69, 9.17) is 10.8 Å². The second kappa shape index (κ2) is 6.76. The Hall–Kier alpha value is -1.88. The first-order valence-electron chi connectivity index (χ1n) is 5.87. The van der Waals surface area contributed by atoms with Crippen LogP contribution in [0.3, 0.4) is 0 Å². The van der Waals surface area contributed by atoms with Crippen LogP contribution in [-0.4, -0.2) is 29.1 Å². The molecule has 0 aliphatic rings. The summed E-state index contributed by atoms with van der Waals surface area (Å²) in [6.45, 7) is 1.78. The summed E-state index contributed by atoms with van der Waals surface area (Å²) in [6, 6.07) is 7.54. The maximum Gasteiger partial charge on any atom is 0.326 e. The normalized spacial score (nSPS) is 13.7. The number of amides is 1. The molecule has 0 heterocycles. The zero-order chi connectivity index (χ0) is 13.5. The topological polar surface area (TPSA) is 92.4 Å². The van der Waals surface area contributed by atoms with E-state index >= 15 is 0 Å². The molecule has 18 heavy (non-hydrogen) atoms. The van der Waals surface area contributed by atoms with Gasteiger partial charge in [-0.3, -0.25) is 4.79 Å². The number of aliphatic carboxylic acids is 1. The lowest BCUT2D eigenvalue weighted by Gasteiger charge is -2.17. The van der Waals surface area contributed by atoms with E-state index in [1.54, 1.807) is 6.92 Å². The molecule has 0 spiro atoms. The van der Waals surface area contributed by atoms with Crippen LogP contribution in [0.1, 0.15) is 18.9 Å². The van der Waals surface area contributed by atoms with Gasteiger partial charge in [0.05, 0.1) is 6.04 Å². The van der Waals surface area contributed by atoms with Crippen molar-refractivity contribution in [2.24, 2.45) is 5.73 Å². The molecule has 0 aliphatic heterocycles. The molecule has 0 bridgehead atoms. The quantitative estimate of drug-likeness (QED) is 0.687. The summed E-state index contributed by atoms with van der Waals surface area (Å²) in [5.41, 5.74) is 6.41. The highest BCUT2D eigenvalue weighted by atomic mass is 16.4. The fourth-order valence-electron chi connectivity index (χ4n) is 1.51. The molecular formula is C13H18N2O3. The van der Waals surface area contributed by atoms with Crippen molar-refractivity contribution in [1.82, 2.24) is 5.32 Å². The monoisotopic (exact) mass is 250 g/mol. The van der Waals surface area contributed by atoms with Gasteiger partial charge in [0, 0.05) is 6.42 Å². The van der Waals surface area contributed by atoms with Gasteiger partial charge in [0.15, 0.2) is 0 Å². The van der Waals surface area contributed by atoms with Gasteiger partial charge in [-0.2, -0.15) is 0 Å². The molecule has 98 valence electrons. The molecule has 5 nitrogen and oxygen atoms in total. The zero-order valence-corrected chi connectivity index (χ0v) is 10.3. The number of carboxylic acids is 1. The lowest BCUT2D eigenvalue weighted by molar-refractivity contribution is -0.142. The van der Waals surface area contributed by atoms with Crippen LogP contribution in [0.2, 0.25) is 0 Å². The molecule has 2 atom stereocenters. The summed E-state index contributed by atoms with van der Waals surface area (Å²) in [4.78, 5) is 22.7. The molecule has 1 amide bonds. The number of carbonyl (C=O) groups excluding carboxylic acids is 1. The number of carboxylic acid groups (broad SMARTS) is 1. The summed E-state index contributed by atoms with van der Waals surface area (Å²) in [5, 5.41) is 11.5. The molecule has 1 aromatic rings. The first kappa shape index (κ1) is 14.2. The molecule has 0 aromatic heterocycles. The molecule has 5 heteroatoms.